The Balaban J connectivity index is 0.981. The number of aliphatic hydroxyl groups is 1. The van der Waals surface area contributed by atoms with E-state index in [1.807, 2.05) is 60.7 Å². The minimum atomic E-state index is -0.828. The van der Waals surface area contributed by atoms with Gasteiger partial charge in [-0.05, 0) is 73.6 Å². The number of amides is 1. The van der Waals surface area contributed by atoms with Crippen LogP contribution in [0.15, 0.2) is 89.7 Å². The van der Waals surface area contributed by atoms with Gasteiger partial charge in [-0.25, -0.2) is 0 Å². The molecule has 2 heterocycles. The molecule has 0 aliphatic carbocycles. The van der Waals surface area contributed by atoms with Gasteiger partial charge in [0.25, 0.3) is 0 Å². The van der Waals surface area contributed by atoms with E-state index in [1.54, 1.807) is 12.1 Å². The van der Waals surface area contributed by atoms with Gasteiger partial charge in [-0.2, -0.15) is 0 Å². The van der Waals surface area contributed by atoms with Crippen LogP contribution in [0, 0.1) is 5.92 Å². The summed E-state index contributed by atoms with van der Waals surface area (Å²) in [6, 6.07) is 26.4. The van der Waals surface area contributed by atoms with E-state index in [2.05, 4.69) is 15.2 Å². The van der Waals surface area contributed by atoms with Crippen molar-refractivity contribution in [3.05, 3.63) is 112 Å². The smallest absolute Gasteiger partial charge is 0.248 e. The molecular formula is C38H48N4O4. The summed E-state index contributed by atoms with van der Waals surface area (Å²) < 4.78 is 0. The molecule has 1 saturated heterocycles. The highest BCUT2D eigenvalue weighted by Gasteiger charge is 2.49. The molecule has 1 aromatic heterocycles. The van der Waals surface area contributed by atoms with Crippen molar-refractivity contribution in [1.29, 1.82) is 0 Å². The Labute approximate surface area is 271 Å². The molecule has 6 N–H and O–H groups in total. The first-order chi connectivity index (χ1) is 22.4. The van der Waals surface area contributed by atoms with Gasteiger partial charge in [0, 0.05) is 24.5 Å². The van der Waals surface area contributed by atoms with Gasteiger partial charge in [-0.15, -0.1) is 0 Å². The highest BCUT2D eigenvalue weighted by atomic mass is 16.3. The van der Waals surface area contributed by atoms with Gasteiger partial charge in [-0.3, -0.25) is 9.59 Å². The number of benzene rings is 3. The van der Waals surface area contributed by atoms with E-state index in [1.165, 1.54) is 37.8 Å². The fourth-order valence-corrected chi connectivity index (χ4v) is 7.28. The van der Waals surface area contributed by atoms with Crippen molar-refractivity contribution in [2.75, 3.05) is 32.7 Å². The molecular weight excluding hydrogens is 576 g/mol. The third kappa shape index (κ3) is 7.69. The Morgan fingerprint density at radius 1 is 0.891 bits per heavy atom. The molecule has 1 unspecified atom stereocenters. The number of H-pyrrole nitrogens is 1. The molecule has 1 aliphatic rings. The molecule has 3 aromatic carbocycles. The van der Waals surface area contributed by atoms with Crippen molar-refractivity contribution in [2.45, 2.75) is 62.9 Å². The number of primary amides is 1. The van der Waals surface area contributed by atoms with Gasteiger partial charge in [0.1, 0.15) is 11.2 Å². The number of nitrogens with two attached hydrogens (primary N) is 1. The summed E-state index contributed by atoms with van der Waals surface area (Å²) in [6.45, 7) is 4.15. The lowest BCUT2D eigenvalue weighted by Gasteiger charge is -2.37. The van der Waals surface area contributed by atoms with Gasteiger partial charge in [0.05, 0.1) is 11.6 Å². The molecule has 1 aliphatic heterocycles. The second kappa shape index (κ2) is 16.0. The van der Waals surface area contributed by atoms with Gasteiger partial charge >= 0.3 is 0 Å². The van der Waals surface area contributed by atoms with Crippen molar-refractivity contribution >= 4 is 16.8 Å². The van der Waals surface area contributed by atoms with E-state index < -0.39 is 11.5 Å². The molecule has 5 rings (SSSR count). The van der Waals surface area contributed by atoms with E-state index >= 15 is 0 Å². The number of fused-ring (bicyclic) bond motifs is 1. The molecule has 0 radical (unpaired) electrons. The minimum Gasteiger partial charge on any atom is -0.506 e. The molecule has 244 valence electrons. The van der Waals surface area contributed by atoms with Crippen molar-refractivity contribution in [3.63, 3.8) is 0 Å². The van der Waals surface area contributed by atoms with E-state index in [0.717, 1.165) is 63.0 Å². The Kier molecular flexibility index (Phi) is 11.6. The minimum absolute atomic E-state index is 0.00442. The Morgan fingerprint density at radius 3 is 2.17 bits per heavy atom. The van der Waals surface area contributed by atoms with E-state index in [0.29, 0.717) is 23.0 Å². The van der Waals surface area contributed by atoms with Crippen molar-refractivity contribution in [3.8, 4) is 5.75 Å². The number of carbonyl (C=O) groups is 1. The number of aromatic amines is 1. The van der Waals surface area contributed by atoms with E-state index in [9.17, 15) is 19.8 Å². The standard InChI is InChI=1S/C38H48N4O4/c39-37(46)38(28-14-8-6-9-15-28,29-16-10-7-11-17-29)30-22-25-42(27-30)24-13-5-3-1-2-4-12-23-40-26-34(44)31-18-20-33(43)36-32(31)19-21-35(45)41-36/h6-11,14-21,30,34,40,43-44H,1-5,12-13,22-27H2,(H2,39,46)(H,41,45)/t30-,34?/m1/s1. The highest BCUT2D eigenvalue weighted by molar-refractivity contribution is 5.91. The SMILES string of the molecule is NC(=O)C(c1ccccc1)(c1ccccc1)[C@@H]1CCN(CCCCCCCCCNCC(O)c2ccc(O)c3[nH]c(=O)ccc23)C1. The molecule has 0 spiro atoms. The number of aromatic hydroxyl groups is 1. The summed E-state index contributed by atoms with van der Waals surface area (Å²) in [6.07, 6.45) is 8.41. The Bertz CT molecular complexity index is 1570. The molecule has 0 saturated carbocycles. The number of hydrogen-bond donors (Lipinski definition) is 5. The first kappa shape index (κ1) is 33.4. The average molecular weight is 625 g/mol. The van der Waals surface area contributed by atoms with Crippen molar-refractivity contribution < 1.29 is 15.0 Å². The van der Waals surface area contributed by atoms with Crippen LogP contribution in [0.25, 0.3) is 10.9 Å². The number of nitrogens with zero attached hydrogens (tertiary/aromatic N) is 1. The number of rotatable bonds is 17. The number of unbranched alkanes of at least 4 members (excludes halogenated alkanes) is 6. The summed E-state index contributed by atoms with van der Waals surface area (Å²) in [4.78, 5) is 30.1. The number of phenolic OH excluding ortho intramolecular Hbond substituents is 1. The van der Waals surface area contributed by atoms with Crippen LogP contribution in [0.2, 0.25) is 0 Å². The maximum absolute atomic E-state index is 13.3. The molecule has 0 bridgehead atoms. The maximum Gasteiger partial charge on any atom is 0.248 e. The summed E-state index contributed by atoms with van der Waals surface area (Å²) in [5.74, 6) is -0.140. The topological polar surface area (TPSA) is 132 Å². The van der Waals surface area contributed by atoms with Crippen LogP contribution in [-0.2, 0) is 10.2 Å². The lowest BCUT2D eigenvalue weighted by atomic mass is 9.64. The first-order valence-corrected chi connectivity index (χ1v) is 16.8. The quantitative estimate of drug-likeness (QED) is 0.100. The summed E-state index contributed by atoms with van der Waals surface area (Å²) in [5, 5.41) is 24.7. The molecule has 2 atom stereocenters. The first-order valence-electron chi connectivity index (χ1n) is 16.8. The zero-order valence-electron chi connectivity index (χ0n) is 26.7. The Hall–Kier alpha value is -3.98. The van der Waals surface area contributed by atoms with E-state index in [-0.39, 0.29) is 23.1 Å². The van der Waals surface area contributed by atoms with Gasteiger partial charge in [-0.1, -0.05) is 98.8 Å². The van der Waals surface area contributed by atoms with Crippen LogP contribution in [-0.4, -0.2) is 58.7 Å². The number of aliphatic hydroxyl groups excluding tert-OH is 1. The van der Waals surface area contributed by atoms with E-state index in [4.69, 9.17) is 5.73 Å². The number of pyridine rings is 1. The second-order valence-electron chi connectivity index (χ2n) is 12.7. The van der Waals surface area contributed by atoms with Crippen LogP contribution in [0.5, 0.6) is 5.75 Å². The average Bonchev–Trinajstić information content (AvgIpc) is 3.54. The molecule has 1 fully saturated rings. The van der Waals surface area contributed by atoms with Crippen LogP contribution in [0.1, 0.15) is 74.2 Å². The van der Waals surface area contributed by atoms with Gasteiger partial charge in [0.2, 0.25) is 11.5 Å². The lowest BCUT2D eigenvalue weighted by molar-refractivity contribution is -0.123. The number of phenols is 1. The fourth-order valence-electron chi connectivity index (χ4n) is 7.28. The highest BCUT2D eigenvalue weighted by Crippen LogP contribution is 2.43. The molecule has 1 amide bonds. The van der Waals surface area contributed by atoms with Crippen LogP contribution in [0.3, 0.4) is 0 Å². The lowest BCUT2D eigenvalue weighted by Crippen LogP contribution is -2.49. The fraction of sp³-hybridized carbons (Fsp3) is 0.421. The predicted molar refractivity (Wildman–Crippen MR) is 184 cm³/mol. The van der Waals surface area contributed by atoms with Crippen LogP contribution < -0.4 is 16.6 Å². The van der Waals surface area contributed by atoms with Crippen molar-refractivity contribution in [1.82, 2.24) is 15.2 Å². The molecule has 46 heavy (non-hydrogen) atoms. The third-order valence-corrected chi connectivity index (χ3v) is 9.66. The summed E-state index contributed by atoms with van der Waals surface area (Å²) in [7, 11) is 0. The number of nitrogens with one attached hydrogen (secondary N) is 2. The summed E-state index contributed by atoms with van der Waals surface area (Å²) in [5.41, 5.74) is 8.12. The Morgan fingerprint density at radius 2 is 1.52 bits per heavy atom. The molecule has 8 nitrogen and oxygen atoms in total. The zero-order chi connectivity index (χ0) is 32.4. The van der Waals surface area contributed by atoms with Gasteiger partial charge in [0.15, 0.2) is 0 Å². The normalized spacial score (nSPS) is 16.2. The number of likely N-dealkylation sites (tertiary alicyclic amines) is 1. The van der Waals surface area contributed by atoms with Crippen LogP contribution in [0.4, 0.5) is 0 Å². The molecule has 8 heteroatoms. The largest absolute Gasteiger partial charge is 0.506 e. The number of carbonyl (C=O) groups excluding carboxylic acids is 1. The second-order valence-corrected chi connectivity index (χ2v) is 12.7. The number of aromatic nitrogens is 1. The third-order valence-electron chi connectivity index (χ3n) is 9.66. The van der Waals surface area contributed by atoms with Crippen molar-refractivity contribution in [2.24, 2.45) is 11.7 Å². The zero-order valence-corrected chi connectivity index (χ0v) is 26.7. The van der Waals surface area contributed by atoms with Crippen LogP contribution >= 0.6 is 0 Å². The monoisotopic (exact) mass is 624 g/mol. The van der Waals surface area contributed by atoms with Gasteiger partial charge < -0.3 is 31.1 Å². The number of hydrogen-bond acceptors (Lipinski definition) is 6. The summed E-state index contributed by atoms with van der Waals surface area (Å²) >= 11 is 0. The molecule has 4 aromatic rings. The maximum atomic E-state index is 13.3. The predicted octanol–water partition coefficient (Wildman–Crippen LogP) is 5.38.